The molecule has 0 saturated heterocycles. The Hall–Kier alpha value is -3.05. The zero-order chi connectivity index (χ0) is 18.7. The Balaban J connectivity index is 1.77. The molecule has 0 aliphatic heterocycles. The number of carbonyl (C=O) groups excluding carboxylic acids is 1. The van der Waals surface area contributed by atoms with E-state index < -0.39 is 0 Å². The van der Waals surface area contributed by atoms with Crippen LogP contribution in [0.5, 0.6) is 0 Å². The Morgan fingerprint density at radius 1 is 1.12 bits per heavy atom. The van der Waals surface area contributed by atoms with E-state index in [2.05, 4.69) is 15.1 Å². The van der Waals surface area contributed by atoms with Crippen molar-refractivity contribution >= 4 is 29.4 Å². The lowest BCUT2D eigenvalue weighted by Gasteiger charge is -2.09. The quantitative estimate of drug-likeness (QED) is 0.414. The van der Waals surface area contributed by atoms with Gasteiger partial charge in [0.2, 0.25) is 0 Å². The second kappa shape index (κ2) is 7.45. The summed E-state index contributed by atoms with van der Waals surface area (Å²) in [5.74, 6) is -0.284. The molecule has 0 atom stereocenters. The molecule has 0 saturated carbocycles. The van der Waals surface area contributed by atoms with Gasteiger partial charge in [0.25, 0.3) is 5.91 Å². The van der Waals surface area contributed by atoms with Gasteiger partial charge in [-0.3, -0.25) is 4.79 Å². The number of hydrogen-bond donors (Lipinski definition) is 2. The van der Waals surface area contributed by atoms with Crippen molar-refractivity contribution in [3.8, 4) is 5.69 Å². The highest BCUT2D eigenvalue weighted by atomic mass is 35.5. The molecule has 2 aromatic carbocycles. The van der Waals surface area contributed by atoms with Gasteiger partial charge in [0.15, 0.2) is 0 Å². The van der Waals surface area contributed by atoms with Crippen LogP contribution in [0.1, 0.15) is 27.3 Å². The van der Waals surface area contributed by atoms with Crippen molar-refractivity contribution < 1.29 is 4.79 Å². The number of aryl methyl sites for hydroxylation is 1. The van der Waals surface area contributed by atoms with Crippen LogP contribution in [0.25, 0.3) is 5.69 Å². The third-order valence-corrected chi connectivity index (χ3v) is 4.35. The van der Waals surface area contributed by atoms with E-state index in [-0.39, 0.29) is 5.91 Å². The second-order valence-corrected chi connectivity index (χ2v) is 6.40. The van der Waals surface area contributed by atoms with Crippen molar-refractivity contribution in [2.75, 3.05) is 5.73 Å². The van der Waals surface area contributed by atoms with Crippen LogP contribution in [0.15, 0.2) is 59.7 Å². The predicted octanol–water partition coefficient (Wildman–Crippen LogP) is 4.09. The Bertz CT molecular complexity index is 957. The molecular weight excluding hydrogens is 348 g/mol. The largest absolute Gasteiger partial charge is 0.399 e. The van der Waals surface area contributed by atoms with Gasteiger partial charge >= 0.3 is 0 Å². The summed E-state index contributed by atoms with van der Waals surface area (Å²) in [6.07, 6.45) is 1.64. The minimum atomic E-state index is -0.284. The first-order valence-electron chi connectivity index (χ1n) is 8.09. The molecule has 1 aromatic heterocycles. The highest BCUT2D eigenvalue weighted by Crippen LogP contribution is 2.21. The molecule has 3 rings (SSSR count). The third kappa shape index (κ3) is 3.78. The highest BCUT2D eigenvalue weighted by Gasteiger charge is 2.09. The molecule has 0 bridgehead atoms. The standard InChI is InChI=1S/C20H19ClN4O/c1-13-11-16(14(2)25(13)19-9-5-17(21)6-10-19)12-23-24-20(26)15-3-7-18(22)8-4-15/h3-12H,22H2,1-2H3,(H,24,26)/b23-12+. The Kier molecular flexibility index (Phi) is 5.09. The van der Waals surface area contributed by atoms with Crippen molar-refractivity contribution in [3.63, 3.8) is 0 Å². The lowest BCUT2D eigenvalue weighted by molar-refractivity contribution is 0.0955. The number of aromatic nitrogens is 1. The zero-order valence-electron chi connectivity index (χ0n) is 14.5. The van der Waals surface area contributed by atoms with E-state index in [1.807, 2.05) is 44.2 Å². The van der Waals surface area contributed by atoms with Gasteiger partial charge < -0.3 is 10.3 Å². The van der Waals surface area contributed by atoms with Gasteiger partial charge in [-0.05, 0) is 68.4 Å². The van der Waals surface area contributed by atoms with Gasteiger partial charge in [-0.25, -0.2) is 5.43 Å². The molecule has 0 radical (unpaired) electrons. The maximum absolute atomic E-state index is 12.1. The van der Waals surface area contributed by atoms with Crippen LogP contribution in [-0.4, -0.2) is 16.7 Å². The molecule has 0 spiro atoms. The average molecular weight is 367 g/mol. The molecule has 3 aromatic rings. The van der Waals surface area contributed by atoms with Crippen molar-refractivity contribution in [2.45, 2.75) is 13.8 Å². The monoisotopic (exact) mass is 366 g/mol. The average Bonchev–Trinajstić information content (AvgIpc) is 2.90. The number of nitrogens with one attached hydrogen (secondary N) is 1. The first-order valence-corrected chi connectivity index (χ1v) is 8.47. The number of hydrogen-bond acceptors (Lipinski definition) is 3. The van der Waals surface area contributed by atoms with E-state index in [4.69, 9.17) is 17.3 Å². The Morgan fingerprint density at radius 2 is 1.77 bits per heavy atom. The van der Waals surface area contributed by atoms with Gasteiger partial charge in [-0.2, -0.15) is 5.10 Å². The zero-order valence-corrected chi connectivity index (χ0v) is 15.3. The molecule has 1 heterocycles. The van der Waals surface area contributed by atoms with Crippen LogP contribution in [0.3, 0.4) is 0 Å². The fourth-order valence-electron chi connectivity index (χ4n) is 2.77. The van der Waals surface area contributed by atoms with Crippen LogP contribution in [0.4, 0.5) is 5.69 Å². The number of carbonyl (C=O) groups is 1. The summed E-state index contributed by atoms with van der Waals surface area (Å²) in [4.78, 5) is 12.1. The molecule has 1 amide bonds. The first-order chi connectivity index (χ1) is 12.5. The van der Waals surface area contributed by atoms with Crippen LogP contribution < -0.4 is 11.2 Å². The van der Waals surface area contributed by atoms with Gasteiger partial charge in [0, 0.05) is 38.9 Å². The lowest BCUT2D eigenvalue weighted by Crippen LogP contribution is -2.17. The number of amides is 1. The topological polar surface area (TPSA) is 72.4 Å². The van der Waals surface area contributed by atoms with E-state index in [0.29, 0.717) is 16.3 Å². The van der Waals surface area contributed by atoms with Crippen molar-refractivity contribution in [1.29, 1.82) is 0 Å². The predicted molar refractivity (Wildman–Crippen MR) is 106 cm³/mol. The van der Waals surface area contributed by atoms with Gasteiger partial charge in [0.1, 0.15) is 0 Å². The van der Waals surface area contributed by atoms with E-state index in [1.54, 1.807) is 30.5 Å². The fourth-order valence-corrected chi connectivity index (χ4v) is 2.89. The third-order valence-electron chi connectivity index (χ3n) is 4.10. The fraction of sp³-hybridized carbons (Fsp3) is 0.100. The van der Waals surface area contributed by atoms with Gasteiger partial charge in [-0.1, -0.05) is 11.6 Å². The summed E-state index contributed by atoms with van der Waals surface area (Å²) in [5, 5.41) is 4.77. The number of benzene rings is 2. The van der Waals surface area contributed by atoms with Gasteiger partial charge in [-0.15, -0.1) is 0 Å². The minimum Gasteiger partial charge on any atom is -0.399 e. The number of hydrazone groups is 1. The van der Waals surface area contributed by atoms with E-state index in [1.165, 1.54) is 0 Å². The number of halogens is 1. The minimum absolute atomic E-state index is 0.284. The van der Waals surface area contributed by atoms with Crippen LogP contribution in [0, 0.1) is 13.8 Å². The summed E-state index contributed by atoms with van der Waals surface area (Å²) in [5.41, 5.74) is 13.3. The van der Waals surface area contributed by atoms with Crippen LogP contribution >= 0.6 is 11.6 Å². The highest BCUT2D eigenvalue weighted by molar-refractivity contribution is 6.30. The smallest absolute Gasteiger partial charge is 0.271 e. The molecule has 0 aliphatic rings. The molecule has 5 nitrogen and oxygen atoms in total. The van der Waals surface area contributed by atoms with E-state index in [9.17, 15) is 4.79 Å². The lowest BCUT2D eigenvalue weighted by atomic mass is 10.2. The van der Waals surface area contributed by atoms with Gasteiger partial charge in [0.05, 0.1) is 6.21 Å². The molecule has 0 aliphatic carbocycles. The summed E-state index contributed by atoms with van der Waals surface area (Å²) in [6.45, 7) is 4.02. The van der Waals surface area contributed by atoms with Crippen molar-refractivity contribution in [2.24, 2.45) is 5.10 Å². The Morgan fingerprint density at radius 3 is 2.42 bits per heavy atom. The maximum Gasteiger partial charge on any atom is 0.271 e. The number of nitrogens with two attached hydrogens (primary N) is 1. The first kappa shape index (κ1) is 17.8. The summed E-state index contributed by atoms with van der Waals surface area (Å²) in [6, 6.07) is 16.3. The van der Waals surface area contributed by atoms with E-state index >= 15 is 0 Å². The molecule has 132 valence electrons. The number of nitrogen functional groups attached to an aromatic ring is 1. The number of rotatable bonds is 4. The molecule has 3 N–H and O–H groups in total. The summed E-state index contributed by atoms with van der Waals surface area (Å²) in [7, 11) is 0. The summed E-state index contributed by atoms with van der Waals surface area (Å²) < 4.78 is 2.11. The van der Waals surface area contributed by atoms with Crippen LogP contribution in [-0.2, 0) is 0 Å². The molecule has 6 heteroatoms. The number of nitrogens with zero attached hydrogens (tertiary/aromatic N) is 2. The van der Waals surface area contributed by atoms with Crippen molar-refractivity contribution in [1.82, 2.24) is 9.99 Å². The molecular formula is C20H19ClN4O. The summed E-state index contributed by atoms with van der Waals surface area (Å²) >= 11 is 5.96. The van der Waals surface area contributed by atoms with Crippen LogP contribution in [0.2, 0.25) is 5.02 Å². The van der Waals surface area contributed by atoms with E-state index in [0.717, 1.165) is 22.6 Å². The second-order valence-electron chi connectivity index (χ2n) is 5.96. The number of anilines is 1. The van der Waals surface area contributed by atoms with Crippen molar-refractivity contribution in [3.05, 3.63) is 82.1 Å². The molecule has 26 heavy (non-hydrogen) atoms. The maximum atomic E-state index is 12.1. The SMILES string of the molecule is Cc1cc(/C=N/NC(=O)c2ccc(N)cc2)c(C)n1-c1ccc(Cl)cc1. The normalized spacial score (nSPS) is 11.0. The Labute approximate surface area is 157 Å². The molecule has 0 unspecified atom stereocenters. The molecule has 0 fully saturated rings.